The van der Waals surface area contributed by atoms with E-state index >= 15 is 0 Å². The second kappa shape index (κ2) is 11.9. The number of methoxy groups -OCH3 is 1. The van der Waals surface area contributed by atoms with Crippen molar-refractivity contribution >= 4 is 52.2 Å². The highest BCUT2D eigenvalue weighted by Crippen LogP contribution is 2.34. The summed E-state index contributed by atoms with van der Waals surface area (Å²) in [6.07, 6.45) is 2.00. The number of carbonyl (C=O) groups is 3. The lowest BCUT2D eigenvalue weighted by Gasteiger charge is -2.18. The summed E-state index contributed by atoms with van der Waals surface area (Å²) in [5.74, 6) is -0.518. The number of carboxylic acids is 1. The summed E-state index contributed by atoms with van der Waals surface area (Å²) in [7, 11) is 1.54. The molecule has 0 aliphatic carbocycles. The quantitative estimate of drug-likeness (QED) is 0.367. The molecule has 2 N–H and O–H groups in total. The molecule has 8 nitrogen and oxygen atoms in total. The van der Waals surface area contributed by atoms with Crippen molar-refractivity contribution in [2.45, 2.75) is 39.7 Å². The number of thiocarbonyl (C=S) groups is 1. The first-order valence-corrected chi connectivity index (χ1v) is 11.5. The maximum Gasteiger partial charge on any atom is 0.326 e. The monoisotopic (exact) mass is 480 g/mol. The Kier molecular flexibility index (Phi) is 9.52. The Bertz CT molecular complexity index is 916. The average molecular weight is 481 g/mol. The van der Waals surface area contributed by atoms with E-state index in [0.29, 0.717) is 33.8 Å². The topological polar surface area (TPSA) is 105 Å². The number of thioether (sulfide) groups is 1. The number of aliphatic carboxylic acids is 1. The highest BCUT2D eigenvalue weighted by molar-refractivity contribution is 8.26. The minimum atomic E-state index is -1.08. The number of nitrogens with zero attached hydrogens (tertiary/aromatic N) is 1. The van der Waals surface area contributed by atoms with Gasteiger partial charge in [-0.05, 0) is 43.0 Å². The van der Waals surface area contributed by atoms with Crippen molar-refractivity contribution in [3.63, 3.8) is 0 Å². The summed E-state index contributed by atoms with van der Waals surface area (Å²) in [6.45, 7) is 6.23. The Hall–Kier alpha value is -2.59. The van der Waals surface area contributed by atoms with E-state index in [1.807, 2.05) is 26.8 Å². The largest absolute Gasteiger partial charge is 0.493 e. The van der Waals surface area contributed by atoms with Crippen LogP contribution >= 0.6 is 24.0 Å². The third-order valence-electron chi connectivity index (χ3n) is 4.56. The molecule has 10 heteroatoms. The Morgan fingerprint density at radius 3 is 2.62 bits per heavy atom. The average Bonchev–Trinajstić information content (AvgIpc) is 2.99. The maximum atomic E-state index is 12.8. The van der Waals surface area contributed by atoms with Crippen LogP contribution in [-0.2, 0) is 14.4 Å². The summed E-state index contributed by atoms with van der Waals surface area (Å²) >= 11 is 6.46. The number of nitrogens with one attached hydrogen (secondary N) is 1. The summed E-state index contributed by atoms with van der Waals surface area (Å²) in [4.78, 5) is 38.2. The van der Waals surface area contributed by atoms with E-state index in [2.05, 4.69) is 5.32 Å². The molecule has 2 amide bonds. The number of ether oxygens (including phenoxy) is 2. The number of hydrogen-bond acceptors (Lipinski definition) is 7. The van der Waals surface area contributed by atoms with Crippen LogP contribution in [0.25, 0.3) is 6.08 Å². The third-order valence-corrected chi connectivity index (χ3v) is 5.94. The van der Waals surface area contributed by atoms with Crippen LogP contribution in [0.15, 0.2) is 23.1 Å². The summed E-state index contributed by atoms with van der Waals surface area (Å²) in [6, 6.07) is 4.40. The summed E-state index contributed by atoms with van der Waals surface area (Å²) in [5, 5.41) is 11.8. The molecular weight excluding hydrogens is 452 g/mol. The van der Waals surface area contributed by atoms with Crippen molar-refractivity contribution in [3.05, 3.63) is 28.7 Å². The van der Waals surface area contributed by atoms with Gasteiger partial charge in [0.15, 0.2) is 11.5 Å². The van der Waals surface area contributed by atoms with Gasteiger partial charge in [-0.2, -0.15) is 0 Å². The Balaban J connectivity index is 2.03. The molecule has 1 aliphatic heterocycles. The van der Waals surface area contributed by atoms with Crippen LogP contribution in [0.5, 0.6) is 11.5 Å². The minimum absolute atomic E-state index is 0.0432. The van der Waals surface area contributed by atoms with Gasteiger partial charge in [-0.25, -0.2) is 4.79 Å². The first-order chi connectivity index (χ1) is 15.2. The summed E-state index contributed by atoms with van der Waals surface area (Å²) in [5.41, 5.74) is 0.751. The highest BCUT2D eigenvalue weighted by atomic mass is 32.2. The van der Waals surface area contributed by atoms with Crippen LogP contribution in [0.4, 0.5) is 0 Å². The van der Waals surface area contributed by atoms with Crippen molar-refractivity contribution in [1.29, 1.82) is 0 Å². The molecule has 32 heavy (non-hydrogen) atoms. The summed E-state index contributed by atoms with van der Waals surface area (Å²) < 4.78 is 11.2. The van der Waals surface area contributed by atoms with Gasteiger partial charge in [0.1, 0.15) is 10.4 Å². The molecule has 1 unspecified atom stereocenters. The fraction of sp³-hybridized carbons (Fsp3) is 0.455. The van der Waals surface area contributed by atoms with Gasteiger partial charge >= 0.3 is 5.97 Å². The molecule has 0 saturated carbocycles. The second-order valence-electron chi connectivity index (χ2n) is 7.51. The van der Waals surface area contributed by atoms with E-state index in [9.17, 15) is 19.5 Å². The number of carbonyl (C=O) groups excluding carboxylic acids is 2. The van der Waals surface area contributed by atoms with Crippen molar-refractivity contribution in [3.8, 4) is 11.5 Å². The molecule has 1 aromatic rings. The van der Waals surface area contributed by atoms with E-state index < -0.39 is 17.9 Å². The first-order valence-electron chi connectivity index (χ1n) is 10.2. The number of hydrogen-bond donors (Lipinski definition) is 2. The minimum Gasteiger partial charge on any atom is -0.493 e. The maximum absolute atomic E-state index is 12.8. The fourth-order valence-corrected chi connectivity index (χ4v) is 4.37. The molecule has 1 heterocycles. The van der Waals surface area contributed by atoms with Gasteiger partial charge in [0.2, 0.25) is 5.91 Å². The Morgan fingerprint density at radius 1 is 1.31 bits per heavy atom. The fourth-order valence-electron chi connectivity index (χ4n) is 3.07. The van der Waals surface area contributed by atoms with Crippen LogP contribution < -0.4 is 14.8 Å². The number of rotatable bonds is 11. The van der Waals surface area contributed by atoms with Crippen LogP contribution in [-0.4, -0.2) is 58.4 Å². The number of amides is 2. The second-order valence-corrected chi connectivity index (χ2v) is 9.19. The van der Waals surface area contributed by atoms with Gasteiger partial charge in [-0.3, -0.25) is 14.5 Å². The Labute approximate surface area is 197 Å². The smallest absolute Gasteiger partial charge is 0.326 e. The van der Waals surface area contributed by atoms with Crippen LogP contribution in [0.2, 0.25) is 0 Å². The van der Waals surface area contributed by atoms with E-state index in [1.165, 1.54) is 4.90 Å². The lowest BCUT2D eigenvalue weighted by Crippen LogP contribution is -2.43. The van der Waals surface area contributed by atoms with Crippen molar-refractivity contribution in [2.75, 3.05) is 20.3 Å². The lowest BCUT2D eigenvalue weighted by atomic mass is 10.0. The molecular formula is C22H28N2O6S2. The lowest BCUT2D eigenvalue weighted by molar-refractivity contribution is -0.142. The molecule has 1 atom stereocenters. The zero-order valence-corrected chi connectivity index (χ0v) is 20.2. The van der Waals surface area contributed by atoms with Gasteiger partial charge in [0.25, 0.3) is 5.91 Å². The van der Waals surface area contributed by atoms with Gasteiger partial charge in [0, 0.05) is 13.0 Å². The molecule has 1 aliphatic rings. The molecule has 2 rings (SSSR count). The van der Waals surface area contributed by atoms with Crippen molar-refractivity contribution < 1.29 is 29.0 Å². The zero-order valence-electron chi connectivity index (χ0n) is 18.5. The van der Waals surface area contributed by atoms with Crippen molar-refractivity contribution in [1.82, 2.24) is 10.2 Å². The molecule has 1 fully saturated rings. The molecule has 0 spiro atoms. The van der Waals surface area contributed by atoms with Crippen LogP contribution in [0.3, 0.4) is 0 Å². The molecule has 1 aromatic carbocycles. The highest BCUT2D eigenvalue weighted by Gasteiger charge is 2.32. The predicted molar refractivity (Wildman–Crippen MR) is 128 cm³/mol. The predicted octanol–water partition coefficient (Wildman–Crippen LogP) is 3.30. The SMILES string of the molecule is CCOc1ccc(C=C2SC(=S)N(CCC(=O)NC(CC(C)C)C(=O)O)C2=O)cc1OC. The van der Waals surface area contributed by atoms with E-state index in [1.54, 1.807) is 25.3 Å². The van der Waals surface area contributed by atoms with Crippen LogP contribution in [0, 0.1) is 5.92 Å². The van der Waals surface area contributed by atoms with Gasteiger partial charge in [0.05, 0.1) is 18.6 Å². The van der Waals surface area contributed by atoms with E-state index in [-0.39, 0.29) is 24.8 Å². The Morgan fingerprint density at radius 2 is 2.03 bits per heavy atom. The van der Waals surface area contributed by atoms with E-state index in [0.717, 1.165) is 17.3 Å². The molecule has 174 valence electrons. The van der Waals surface area contributed by atoms with Crippen molar-refractivity contribution in [2.24, 2.45) is 5.92 Å². The number of carboxylic acid groups (broad SMARTS) is 1. The zero-order chi connectivity index (χ0) is 23.8. The first kappa shape index (κ1) is 25.7. The van der Waals surface area contributed by atoms with Crippen LogP contribution in [0.1, 0.15) is 39.2 Å². The normalized spacial score (nSPS) is 15.9. The number of benzene rings is 1. The molecule has 0 radical (unpaired) electrons. The van der Waals surface area contributed by atoms with E-state index in [4.69, 9.17) is 21.7 Å². The van der Waals surface area contributed by atoms with Gasteiger partial charge < -0.3 is 19.9 Å². The molecule has 0 aromatic heterocycles. The van der Waals surface area contributed by atoms with Gasteiger partial charge in [-0.1, -0.05) is 43.9 Å². The standard InChI is InChI=1S/C22H28N2O6S2/c1-5-30-16-7-6-14(11-17(16)29-4)12-18-20(26)24(22(31)32-18)9-8-19(25)23-15(21(27)28)10-13(2)3/h6-7,11-13,15H,5,8-10H2,1-4H3,(H,23,25)(H,27,28). The molecule has 1 saturated heterocycles. The molecule has 0 bridgehead atoms. The van der Waals surface area contributed by atoms with Gasteiger partial charge in [-0.15, -0.1) is 0 Å². The third kappa shape index (κ3) is 6.96.